The Labute approximate surface area is 110 Å². The average molecular weight is 254 g/mol. The van der Waals surface area contributed by atoms with Gasteiger partial charge in [-0.1, -0.05) is 6.92 Å². The highest BCUT2D eigenvalue weighted by Crippen LogP contribution is 2.11. The minimum Gasteiger partial charge on any atom is -0.393 e. The maximum Gasteiger partial charge on any atom is 0.0624 e. The number of aryl methyl sites for hydroxylation is 2. The lowest BCUT2D eigenvalue weighted by atomic mass is 10.1. The van der Waals surface area contributed by atoms with Crippen molar-refractivity contribution in [3.63, 3.8) is 0 Å². The van der Waals surface area contributed by atoms with Gasteiger partial charge < -0.3 is 9.84 Å². The molecule has 1 aromatic rings. The van der Waals surface area contributed by atoms with Gasteiger partial charge in [-0.25, -0.2) is 0 Å². The highest BCUT2D eigenvalue weighted by atomic mass is 16.5. The second-order valence-corrected chi connectivity index (χ2v) is 4.49. The molecule has 0 spiro atoms. The molecule has 1 N–H and O–H groups in total. The molecule has 0 bridgehead atoms. The Morgan fingerprint density at radius 1 is 1.39 bits per heavy atom. The molecule has 0 amide bonds. The number of rotatable bonds is 9. The maximum absolute atomic E-state index is 10.0. The van der Waals surface area contributed by atoms with E-state index in [9.17, 15) is 5.11 Å². The number of hydrogen-bond donors (Lipinski definition) is 1. The zero-order valence-corrected chi connectivity index (χ0v) is 11.9. The van der Waals surface area contributed by atoms with E-state index < -0.39 is 0 Å². The van der Waals surface area contributed by atoms with Gasteiger partial charge in [0, 0.05) is 31.9 Å². The predicted molar refractivity (Wildman–Crippen MR) is 72.7 cm³/mol. The van der Waals surface area contributed by atoms with Crippen LogP contribution in [0.15, 0.2) is 6.07 Å². The van der Waals surface area contributed by atoms with Gasteiger partial charge in [-0.3, -0.25) is 4.68 Å². The smallest absolute Gasteiger partial charge is 0.0624 e. The number of hydrogen-bond acceptors (Lipinski definition) is 3. The van der Waals surface area contributed by atoms with Crippen LogP contribution in [-0.4, -0.2) is 34.2 Å². The minimum absolute atomic E-state index is 0.294. The summed E-state index contributed by atoms with van der Waals surface area (Å²) in [6.45, 7) is 8.52. The first-order chi connectivity index (χ1) is 8.71. The van der Waals surface area contributed by atoms with Crippen molar-refractivity contribution in [1.82, 2.24) is 9.78 Å². The van der Waals surface area contributed by atoms with Crippen LogP contribution in [0, 0.1) is 0 Å². The predicted octanol–water partition coefficient (Wildman–Crippen LogP) is 2.19. The quantitative estimate of drug-likeness (QED) is 0.687. The van der Waals surface area contributed by atoms with Crippen LogP contribution in [0.2, 0.25) is 0 Å². The highest BCUT2D eigenvalue weighted by molar-refractivity contribution is 5.11. The third-order valence-electron chi connectivity index (χ3n) is 3.05. The Kier molecular flexibility index (Phi) is 6.98. The maximum atomic E-state index is 10.0. The summed E-state index contributed by atoms with van der Waals surface area (Å²) >= 11 is 0. The van der Waals surface area contributed by atoms with Gasteiger partial charge in [-0.05, 0) is 39.2 Å². The van der Waals surface area contributed by atoms with Crippen LogP contribution in [0.5, 0.6) is 0 Å². The van der Waals surface area contributed by atoms with E-state index in [2.05, 4.69) is 25.0 Å². The van der Waals surface area contributed by atoms with Crippen molar-refractivity contribution in [1.29, 1.82) is 0 Å². The lowest BCUT2D eigenvalue weighted by Crippen LogP contribution is -2.15. The standard InChI is InChI=1S/C14H26N2O2/c1-4-12-10-13(16(5-2)15-12)11-14(17)8-7-9-18-6-3/h10,14,17H,4-9,11H2,1-3H3. The van der Waals surface area contributed by atoms with E-state index in [-0.39, 0.29) is 6.10 Å². The fraction of sp³-hybridized carbons (Fsp3) is 0.786. The lowest BCUT2D eigenvalue weighted by molar-refractivity contribution is 0.113. The zero-order valence-electron chi connectivity index (χ0n) is 11.9. The average Bonchev–Trinajstić information content (AvgIpc) is 2.77. The molecule has 0 radical (unpaired) electrons. The number of aromatic nitrogens is 2. The van der Waals surface area contributed by atoms with E-state index in [1.165, 1.54) is 0 Å². The van der Waals surface area contributed by atoms with Crippen LogP contribution in [0.3, 0.4) is 0 Å². The summed E-state index contributed by atoms with van der Waals surface area (Å²) in [5, 5.41) is 14.5. The first-order valence-electron chi connectivity index (χ1n) is 7.02. The van der Waals surface area contributed by atoms with Gasteiger partial charge in [-0.2, -0.15) is 5.10 Å². The molecule has 1 aromatic heterocycles. The van der Waals surface area contributed by atoms with Crippen LogP contribution in [0.1, 0.15) is 45.0 Å². The first kappa shape index (κ1) is 15.2. The number of ether oxygens (including phenoxy) is 1. The van der Waals surface area contributed by atoms with Crippen LogP contribution in [0.25, 0.3) is 0 Å². The molecule has 0 saturated carbocycles. The van der Waals surface area contributed by atoms with Crippen LogP contribution in [0.4, 0.5) is 0 Å². The summed E-state index contributed by atoms with van der Waals surface area (Å²) in [6.07, 6.45) is 3.04. The summed E-state index contributed by atoms with van der Waals surface area (Å²) in [7, 11) is 0. The first-order valence-corrected chi connectivity index (χ1v) is 7.02. The molecule has 0 aliphatic rings. The summed E-state index contributed by atoms with van der Waals surface area (Å²) < 4.78 is 7.26. The monoisotopic (exact) mass is 254 g/mol. The highest BCUT2D eigenvalue weighted by Gasteiger charge is 2.11. The zero-order chi connectivity index (χ0) is 13.4. The van der Waals surface area contributed by atoms with E-state index in [4.69, 9.17) is 4.74 Å². The molecule has 0 fully saturated rings. The Morgan fingerprint density at radius 3 is 2.78 bits per heavy atom. The molecule has 0 aliphatic carbocycles. The molecular weight excluding hydrogens is 228 g/mol. The molecule has 18 heavy (non-hydrogen) atoms. The van der Waals surface area contributed by atoms with E-state index in [1.807, 2.05) is 11.6 Å². The summed E-state index contributed by atoms with van der Waals surface area (Å²) in [5.41, 5.74) is 2.24. The van der Waals surface area contributed by atoms with Gasteiger partial charge in [0.1, 0.15) is 0 Å². The Morgan fingerprint density at radius 2 is 2.17 bits per heavy atom. The van der Waals surface area contributed by atoms with Crippen molar-refractivity contribution in [3.8, 4) is 0 Å². The van der Waals surface area contributed by atoms with Crippen LogP contribution in [-0.2, 0) is 24.1 Å². The molecule has 4 heteroatoms. The Hall–Kier alpha value is -0.870. The second kappa shape index (κ2) is 8.27. The molecule has 104 valence electrons. The molecule has 1 unspecified atom stereocenters. The third kappa shape index (κ3) is 4.78. The van der Waals surface area contributed by atoms with E-state index in [0.29, 0.717) is 6.42 Å². The molecule has 0 aliphatic heterocycles. The summed E-state index contributed by atoms with van der Waals surface area (Å²) in [6, 6.07) is 2.11. The lowest BCUT2D eigenvalue weighted by Gasteiger charge is -2.11. The van der Waals surface area contributed by atoms with Gasteiger partial charge in [0.2, 0.25) is 0 Å². The van der Waals surface area contributed by atoms with Gasteiger partial charge in [0.25, 0.3) is 0 Å². The van der Waals surface area contributed by atoms with Gasteiger partial charge in [0.15, 0.2) is 0 Å². The largest absolute Gasteiger partial charge is 0.393 e. The second-order valence-electron chi connectivity index (χ2n) is 4.49. The Balaban J connectivity index is 2.42. The van der Waals surface area contributed by atoms with Crippen molar-refractivity contribution >= 4 is 0 Å². The number of aliphatic hydroxyl groups is 1. The van der Waals surface area contributed by atoms with Gasteiger partial charge in [0.05, 0.1) is 11.8 Å². The SMILES string of the molecule is CCOCCCC(O)Cc1cc(CC)nn1CC. The van der Waals surface area contributed by atoms with Crippen molar-refractivity contribution in [2.24, 2.45) is 0 Å². The van der Waals surface area contributed by atoms with E-state index in [0.717, 1.165) is 50.4 Å². The molecule has 1 rings (SSSR count). The minimum atomic E-state index is -0.294. The van der Waals surface area contributed by atoms with Crippen molar-refractivity contribution < 1.29 is 9.84 Å². The van der Waals surface area contributed by atoms with Crippen molar-refractivity contribution in [2.45, 2.75) is 59.1 Å². The topological polar surface area (TPSA) is 47.3 Å². The fourth-order valence-electron chi connectivity index (χ4n) is 2.03. The van der Waals surface area contributed by atoms with E-state index >= 15 is 0 Å². The Bertz CT molecular complexity index is 337. The number of nitrogens with zero attached hydrogens (tertiary/aromatic N) is 2. The summed E-state index contributed by atoms with van der Waals surface area (Å²) in [4.78, 5) is 0. The van der Waals surface area contributed by atoms with Crippen LogP contribution >= 0.6 is 0 Å². The molecule has 0 saturated heterocycles. The van der Waals surface area contributed by atoms with Crippen LogP contribution < -0.4 is 0 Å². The molecule has 0 aromatic carbocycles. The molecular formula is C14H26N2O2. The normalized spacial score (nSPS) is 12.9. The third-order valence-corrected chi connectivity index (χ3v) is 3.05. The summed E-state index contributed by atoms with van der Waals surface area (Å²) in [5.74, 6) is 0. The van der Waals surface area contributed by atoms with Gasteiger partial charge >= 0.3 is 0 Å². The number of aliphatic hydroxyl groups excluding tert-OH is 1. The van der Waals surface area contributed by atoms with Crippen molar-refractivity contribution in [3.05, 3.63) is 17.5 Å². The molecule has 1 heterocycles. The molecule has 4 nitrogen and oxygen atoms in total. The molecule has 1 atom stereocenters. The van der Waals surface area contributed by atoms with Gasteiger partial charge in [-0.15, -0.1) is 0 Å². The fourth-order valence-corrected chi connectivity index (χ4v) is 2.03. The van der Waals surface area contributed by atoms with Crippen molar-refractivity contribution in [2.75, 3.05) is 13.2 Å². The van der Waals surface area contributed by atoms with E-state index in [1.54, 1.807) is 0 Å².